The van der Waals surface area contributed by atoms with Gasteiger partial charge in [0, 0.05) is 6.61 Å². The van der Waals surface area contributed by atoms with Gasteiger partial charge in [-0.1, -0.05) is 6.07 Å². The molecule has 0 radical (unpaired) electrons. The van der Waals surface area contributed by atoms with Crippen molar-refractivity contribution >= 4 is 0 Å². The van der Waals surface area contributed by atoms with Crippen LogP contribution in [0.15, 0.2) is 18.2 Å². The third-order valence-corrected chi connectivity index (χ3v) is 3.96. The molecule has 1 atom stereocenters. The van der Waals surface area contributed by atoms with Gasteiger partial charge in [0.1, 0.15) is 5.82 Å². The molecule has 1 aliphatic rings. The van der Waals surface area contributed by atoms with E-state index in [4.69, 9.17) is 4.74 Å². The van der Waals surface area contributed by atoms with Gasteiger partial charge in [-0.15, -0.1) is 0 Å². The second kappa shape index (κ2) is 6.49. The van der Waals surface area contributed by atoms with Crippen molar-refractivity contribution in [2.24, 2.45) is 5.92 Å². The van der Waals surface area contributed by atoms with E-state index in [9.17, 15) is 9.50 Å². The Labute approximate surface area is 114 Å². The van der Waals surface area contributed by atoms with Crippen molar-refractivity contribution in [3.05, 3.63) is 35.1 Å². The highest BCUT2D eigenvalue weighted by atomic mass is 19.1. The number of hydrogen-bond acceptors (Lipinski definition) is 2. The van der Waals surface area contributed by atoms with E-state index in [-0.39, 0.29) is 11.9 Å². The minimum atomic E-state index is -0.336. The molecule has 1 saturated carbocycles. The summed E-state index contributed by atoms with van der Waals surface area (Å²) in [6.45, 7) is 4.67. The summed E-state index contributed by atoms with van der Waals surface area (Å²) in [5, 5.41) is 10.1. The summed E-state index contributed by atoms with van der Waals surface area (Å²) in [7, 11) is 0. The number of aliphatic hydroxyl groups is 1. The molecular weight excluding hydrogens is 243 g/mol. The Kier molecular flexibility index (Phi) is 4.94. The van der Waals surface area contributed by atoms with Crippen molar-refractivity contribution in [2.45, 2.75) is 51.7 Å². The standard InChI is InChI=1S/C16H23FO2/c1-3-19-16-8-12(9-16)7-15(18)10-13-4-5-14(17)6-11(13)2/h4-6,12,15-16,18H,3,7-10H2,1-2H3. The molecule has 106 valence electrons. The van der Waals surface area contributed by atoms with E-state index < -0.39 is 0 Å². The Balaban J connectivity index is 1.77. The molecule has 2 nitrogen and oxygen atoms in total. The first-order valence-corrected chi connectivity index (χ1v) is 7.13. The third-order valence-electron chi connectivity index (χ3n) is 3.96. The second-order valence-corrected chi connectivity index (χ2v) is 5.58. The van der Waals surface area contributed by atoms with Crippen LogP contribution in [0.1, 0.15) is 37.3 Å². The van der Waals surface area contributed by atoms with Gasteiger partial charge in [-0.05, 0) is 68.7 Å². The zero-order valence-electron chi connectivity index (χ0n) is 11.7. The summed E-state index contributed by atoms with van der Waals surface area (Å²) in [6.07, 6.45) is 3.62. The van der Waals surface area contributed by atoms with Crippen LogP contribution in [0.3, 0.4) is 0 Å². The normalized spacial score (nSPS) is 24.0. The lowest BCUT2D eigenvalue weighted by atomic mass is 9.78. The van der Waals surface area contributed by atoms with E-state index in [0.717, 1.165) is 37.0 Å². The van der Waals surface area contributed by atoms with Crippen LogP contribution >= 0.6 is 0 Å². The molecule has 1 aromatic carbocycles. The van der Waals surface area contributed by atoms with Gasteiger partial charge in [0.2, 0.25) is 0 Å². The molecule has 1 aromatic rings. The molecule has 1 fully saturated rings. The lowest BCUT2D eigenvalue weighted by Gasteiger charge is -2.36. The molecule has 0 spiro atoms. The first-order valence-electron chi connectivity index (χ1n) is 7.13. The monoisotopic (exact) mass is 266 g/mol. The van der Waals surface area contributed by atoms with Crippen molar-refractivity contribution in [2.75, 3.05) is 6.61 Å². The van der Waals surface area contributed by atoms with Crippen LogP contribution in [0.4, 0.5) is 4.39 Å². The first-order chi connectivity index (χ1) is 9.08. The SMILES string of the molecule is CCOC1CC(CC(O)Cc2ccc(F)cc2C)C1. The maximum Gasteiger partial charge on any atom is 0.123 e. The van der Waals surface area contributed by atoms with Crippen LogP contribution in [0, 0.1) is 18.7 Å². The molecule has 0 heterocycles. The summed E-state index contributed by atoms with van der Waals surface area (Å²) < 4.78 is 18.5. The molecule has 0 saturated heterocycles. The molecule has 2 rings (SSSR count). The second-order valence-electron chi connectivity index (χ2n) is 5.58. The molecule has 3 heteroatoms. The smallest absolute Gasteiger partial charge is 0.123 e. The fraction of sp³-hybridized carbons (Fsp3) is 0.625. The Bertz CT molecular complexity index is 413. The fourth-order valence-electron chi connectivity index (χ4n) is 2.85. The summed E-state index contributed by atoms with van der Waals surface area (Å²) in [5.41, 5.74) is 1.95. The Morgan fingerprint density at radius 3 is 2.79 bits per heavy atom. The molecule has 1 aliphatic carbocycles. The highest BCUT2D eigenvalue weighted by Gasteiger charge is 2.30. The van der Waals surface area contributed by atoms with Crippen LogP contribution in [0.2, 0.25) is 0 Å². The summed E-state index contributed by atoms with van der Waals surface area (Å²) in [6, 6.07) is 4.76. The number of hydrogen-bond donors (Lipinski definition) is 1. The van der Waals surface area contributed by atoms with E-state index in [2.05, 4.69) is 0 Å². The van der Waals surface area contributed by atoms with E-state index in [1.807, 2.05) is 13.8 Å². The molecule has 0 amide bonds. The van der Waals surface area contributed by atoms with Crippen LogP contribution in [-0.2, 0) is 11.2 Å². The third kappa shape index (κ3) is 4.02. The van der Waals surface area contributed by atoms with E-state index in [0.29, 0.717) is 18.4 Å². The number of halogens is 1. The number of rotatable bonds is 6. The molecular formula is C16H23FO2. The average molecular weight is 266 g/mol. The van der Waals surface area contributed by atoms with Crippen LogP contribution in [-0.4, -0.2) is 23.9 Å². The van der Waals surface area contributed by atoms with Crippen molar-refractivity contribution in [3.8, 4) is 0 Å². The topological polar surface area (TPSA) is 29.5 Å². The van der Waals surface area contributed by atoms with E-state index in [1.165, 1.54) is 12.1 Å². The van der Waals surface area contributed by atoms with Gasteiger partial charge in [-0.3, -0.25) is 0 Å². The number of benzene rings is 1. The number of ether oxygens (including phenoxy) is 1. The summed E-state index contributed by atoms with van der Waals surface area (Å²) >= 11 is 0. The predicted molar refractivity (Wildman–Crippen MR) is 73.6 cm³/mol. The van der Waals surface area contributed by atoms with Gasteiger partial charge < -0.3 is 9.84 Å². The van der Waals surface area contributed by atoms with Gasteiger partial charge in [0.25, 0.3) is 0 Å². The van der Waals surface area contributed by atoms with Crippen molar-refractivity contribution in [1.29, 1.82) is 0 Å². The van der Waals surface area contributed by atoms with Crippen molar-refractivity contribution < 1.29 is 14.2 Å². The highest BCUT2D eigenvalue weighted by Crippen LogP contribution is 2.34. The van der Waals surface area contributed by atoms with Gasteiger partial charge in [0.05, 0.1) is 12.2 Å². The van der Waals surface area contributed by atoms with Crippen LogP contribution in [0.25, 0.3) is 0 Å². The van der Waals surface area contributed by atoms with Crippen molar-refractivity contribution in [3.63, 3.8) is 0 Å². The van der Waals surface area contributed by atoms with E-state index >= 15 is 0 Å². The number of aryl methyl sites for hydroxylation is 1. The zero-order chi connectivity index (χ0) is 13.8. The van der Waals surface area contributed by atoms with Gasteiger partial charge in [0.15, 0.2) is 0 Å². The minimum absolute atomic E-state index is 0.214. The molecule has 0 aliphatic heterocycles. The van der Waals surface area contributed by atoms with Gasteiger partial charge >= 0.3 is 0 Å². The fourth-order valence-corrected chi connectivity index (χ4v) is 2.85. The Hall–Kier alpha value is -0.930. The largest absolute Gasteiger partial charge is 0.393 e. The molecule has 0 aromatic heterocycles. The predicted octanol–water partition coefficient (Wildman–Crippen LogP) is 3.24. The summed E-state index contributed by atoms with van der Waals surface area (Å²) in [5.74, 6) is 0.363. The van der Waals surface area contributed by atoms with E-state index in [1.54, 1.807) is 6.07 Å². The Morgan fingerprint density at radius 2 is 2.16 bits per heavy atom. The quantitative estimate of drug-likeness (QED) is 0.856. The lowest BCUT2D eigenvalue weighted by Crippen LogP contribution is -2.34. The average Bonchev–Trinajstić information content (AvgIpc) is 2.30. The maximum absolute atomic E-state index is 13.0. The maximum atomic E-state index is 13.0. The molecule has 1 unspecified atom stereocenters. The molecule has 19 heavy (non-hydrogen) atoms. The van der Waals surface area contributed by atoms with Crippen molar-refractivity contribution in [1.82, 2.24) is 0 Å². The molecule has 0 bridgehead atoms. The van der Waals surface area contributed by atoms with Crippen LogP contribution in [0.5, 0.6) is 0 Å². The minimum Gasteiger partial charge on any atom is -0.393 e. The highest BCUT2D eigenvalue weighted by molar-refractivity contribution is 5.27. The first kappa shape index (κ1) is 14.5. The zero-order valence-corrected chi connectivity index (χ0v) is 11.7. The van der Waals surface area contributed by atoms with Crippen LogP contribution < -0.4 is 0 Å². The van der Waals surface area contributed by atoms with Gasteiger partial charge in [-0.2, -0.15) is 0 Å². The summed E-state index contributed by atoms with van der Waals surface area (Å²) in [4.78, 5) is 0. The number of aliphatic hydroxyl groups excluding tert-OH is 1. The molecule has 1 N–H and O–H groups in total. The lowest BCUT2D eigenvalue weighted by molar-refractivity contribution is -0.0375. The van der Waals surface area contributed by atoms with Gasteiger partial charge in [-0.25, -0.2) is 4.39 Å². The Morgan fingerprint density at radius 1 is 1.42 bits per heavy atom.